The highest BCUT2D eigenvalue weighted by molar-refractivity contribution is 8.00. The van der Waals surface area contributed by atoms with Crippen LogP contribution in [0.5, 0.6) is 0 Å². The van der Waals surface area contributed by atoms with Crippen molar-refractivity contribution in [3.8, 4) is 0 Å². The number of thioether (sulfide) groups is 1. The highest BCUT2D eigenvalue weighted by atomic mass is 32.2. The van der Waals surface area contributed by atoms with Gasteiger partial charge in [0.1, 0.15) is 11.8 Å². The van der Waals surface area contributed by atoms with Crippen molar-refractivity contribution in [1.29, 1.82) is 0 Å². The maximum atomic E-state index is 13.1. The van der Waals surface area contributed by atoms with Gasteiger partial charge in [-0.2, -0.15) is 24.9 Å². The number of ketones is 1. The van der Waals surface area contributed by atoms with Crippen LogP contribution in [0.2, 0.25) is 0 Å². The Morgan fingerprint density at radius 1 is 0.877 bits per heavy atom. The number of hydrogen-bond acceptors (Lipinski definition) is 11. The number of urea groups is 1. The number of carbonyl (C=O) groups excluding carboxylic acids is 5. The van der Waals surface area contributed by atoms with E-state index in [0.717, 1.165) is 49.3 Å². The minimum absolute atomic E-state index is 0.00199. The first kappa shape index (κ1) is 49.7. The maximum Gasteiger partial charge on any atom is 0.423 e. The maximum absolute atomic E-state index is 13.1. The quantitative estimate of drug-likeness (QED) is 0.0431. The summed E-state index contributed by atoms with van der Waals surface area (Å²) >= 11 is 1.91. The summed E-state index contributed by atoms with van der Waals surface area (Å²) in [6.45, 7) is 10.9. The number of unbranched alkanes of at least 4 members (excludes halogenated alkanes) is 1. The number of rotatable bonds is 25. The van der Waals surface area contributed by atoms with Crippen LogP contribution in [0.3, 0.4) is 0 Å². The molecule has 2 aliphatic rings. The summed E-state index contributed by atoms with van der Waals surface area (Å²) in [5.74, 6) is -0.423. The minimum Gasteiger partial charge on any atom is -0.379 e. The first-order valence-corrected chi connectivity index (χ1v) is 20.6. The molecular weight excluding hydrogens is 772 g/mol. The Kier molecular flexibility index (Phi) is 22.5. The lowest BCUT2D eigenvalue weighted by atomic mass is 9.98. The number of Topliss-reactive ketones (excluding diaryl/α,β-unsaturated/α-hetero) is 1. The smallest absolute Gasteiger partial charge is 0.379 e. The fraction of sp³-hybridized carbons (Fsp3) is 0.711. The van der Waals surface area contributed by atoms with Crippen molar-refractivity contribution in [3.63, 3.8) is 0 Å². The van der Waals surface area contributed by atoms with Crippen molar-refractivity contribution in [1.82, 2.24) is 26.6 Å². The van der Waals surface area contributed by atoms with Crippen LogP contribution in [0, 0.1) is 5.92 Å². The van der Waals surface area contributed by atoms with E-state index in [2.05, 4.69) is 33.5 Å². The van der Waals surface area contributed by atoms with Gasteiger partial charge in [-0.1, -0.05) is 46.2 Å². The summed E-state index contributed by atoms with van der Waals surface area (Å²) in [7, 11) is 0. The van der Waals surface area contributed by atoms with E-state index in [1.807, 2.05) is 18.7 Å². The van der Waals surface area contributed by atoms with Gasteiger partial charge in [-0.05, 0) is 43.4 Å². The number of fused-ring (bicyclic) bond motifs is 1. The van der Waals surface area contributed by atoms with E-state index in [1.165, 1.54) is 0 Å². The normalized spacial score (nSPS) is 18.1. The number of halogens is 3. The molecule has 0 aromatic heterocycles. The molecule has 2 saturated heterocycles. The molecule has 57 heavy (non-hydrogen) atoms. The number of ether oxygens (including phenoxy) is 3. The Morgan fingerprint density at radius 2 is 1.46 bits per heavy atom. The lowest BCUT2D eigenvalue weighted by molar-refractivity contribution is -0.188. The molecule has 15 nitrogen and oxygen atoms in total. The highest BCUT2D eigenvalue weighted by Crippen LogP contribution is 2.32. The fourth-order valence-electron chi connectivity index (χ4n) is 5.53. The van der Waals surface area contributed by atoms with E-state index < -0.39 is 35.3 Å². The van der Waals surface area contributed by atoms with Crippen molar-refractivity contribution >= 4 is 41.3 Å². The van der Waals surface area contributed by atoms with Crippen LogP contribution in [0.4, 0.5) is 18.0 Å². The second-order valence-electron chi connectivity index (χ2n) is 14.2. The van der Waals surface area contributed by atoms with Crippen LogP contribution in [-0.2, 0) is 34.3 Å². The summed E-state index contributed by atoms with van der Waals surface area (Å²) < 4.78 is 55.9. The number of amides is 5. The van der Waals surface area contributed by atoms with Gasteiger partial charge in [-0.25, -0.2) is 4.79 Å². The van der Waals surface area contributed by atoms with Gasteiger partial charge >= 0.3 is 12.2 Å². The Hall–Kier alpha value is -3.49. The van der Waals surface area contributed by atoms with Crippen molar-refractivity contribution < 1.29 is 51.4 Å². The molecule has 4 unspecified atom stereocenters. The van der Waals surface area contributed by atoms with Gasteiger partial charge in [0.15, 0.2) is 5.66 Å². The predicted molar refractivity (Wildman–Crippen MR) is 211 cm³/mol. The van der Waals surface area contributed by atoms with Gasteiger partial charge < -0.3 is 52.3 Å². The van der Waals surface area contributed by atoms with Gasteiger partial charge in [0, 0.05) is 61.6 Å². The number of alkyl halides is 3. The highest BCUT2D eigenvalue weighted by Gasteiger charge is 2.50. The molecule has 2 fully saturated rings. The molecule has 3 rings (SSSR count). The van der Waals surface area contributed by atoms with Crippen molar-refractivity contribution in [2.45, 2.75) is 108 Å². The SMILES string of the molecule is CC1SCC2NC(=O)NC21.CCCCC(=O)NCCCOCCOCCOCCCNC(=O)C(CCC(=O)C(C)C)NC(=O)c1ccc(C(N)(N)C(F)(F)F)cc1. The molecule has 1 aromatic carbocycles. The summed E-state index contributed by atoms with van der Waals surface area (Å²) in [6.07, 6.45) is -1.17. The number of benzene rings is 1. The summed E-state index contributed by atoms with van der Waals surface area (Å²) in [5, 5.41) is 14.5. The summed E-state index contributed by atoms with van der Waals surface area (Å²) in [6, 6.07) is 3.97. The largest absolute Gasteiger partial charge is 0.423 e. The molecular formula is C38H62F3N7O8S. The molecule has 2 aliphatic heterocycles. The van der Waals surface area contributed by atoms with Crippen LogP contribution >= 0.6 is 11.8 Å². The average Bonchev–Trinajstić information content (AvgIpc) is 3.71. The topological polar surface area (TPSA) is 225 Å². The zero-order chi connectivity index (χ0) is 42.4. The first-order chi connectivity index (χ1) is 27.0. The molecule has 0 radical (unpaired) electrons. The van der Waals surface area contributed by atoms with Crippen LogP contribution in [0.15, 0.2) is 24.3 Å². The number of hydrogen-bond donors (Lipinski definition) is 7. The van der Waals surface area contributed by atoms with E-state index >= 15 is 0 Å². The standard InChI is InChI=1S/C32H52F3N5O7.C6H10N2OS/c1-4-5-8-28(42)38-15-6-17-45-19-21-47-22-20-46-18-7-16-39-30(44)26(13-14-27(41)23(2)3)40-29(43)24-9-11-25(12-10-24)31(36,37)32(33,34)35;1-3-5-4(2-10-3)7-6(9)8-5/h9-12,23,26H,4-8,13-22,36-37H2,1-3H3,(H,38,42)(H,39,44)(H,40,43);3-5H,2H2,1H3,(H2,7,8,9). The fourth-order valence-corrected chi connectivity index (χ4v) is 6.79. The Labute approximate surface area is 337 Å². The predicted octanol–water partition coefficient (Wildman–Crippen LogP) is 2.85. The van der Waals surface area contributed by atoms with Gasteiger partial charge in [0.25, 0.3) is 5.91 Å². The molecule has 2 heterocycles. The van der Waals surface area contributed by atoms with Gasteiger partial charge in [-0.15, -0.1) is 0 Å². The Morgan fingerprint density at radius 3 is 2.00 bits per heavy atom. The third-order valence-electron chi connectivity index (χ3n) is 9.18. The number of nitrogens with one attached hydrogen (secondary N) is 5. The van der Waals surface area contributed by atoms with Crippen LogP contribution in [-0.4, -0.2) is 118 Å². The molecule has 1 aromatic rings. The van der Waals surface area contributed by atoms with Gasteiger partial charge in [-0.3, -0.25) is 19.2 Å². The first-order valence-electron chi connectivity index (χ1n) is 19.5. The van der Waals surface area contributed by atoms with Gasteiger partial charge in [0.2, 0.25) is 11.8 Å². The third-order valence-corrected chi connectivity index (χ3v) is 10.6. The summed E-state index contributed by atoms with van der Waals surface area (Å²) in [5.41, 5.74) is 6.93. The second kappa shape index (κ2) is 25.8. The van der Waals surface area contributed by atoms with Crippen molar-refractivity contribution in [2.75, 3.05) is 58.5 Å². The van der Waals surface area contributed by atoms with E-state index in [0.29, 0.717) is 76.4 Å². The Bertz CT molecular complexity index is 1410. The second-order valence-corrected chi connectivity index (χ2v) is 15.6. The molecule has 0 aliphatic carbocycles. The monoisotopic (exact) mass is 833 g/mol. The third kappa shape index (κ3) is 18.3. The van der Waals surface area contributed by atoms with Crippen molar-refractivity contribution in [2.24, 2.45) is 17.4 Å². The molecule has 4 atom stereocenters. The lowest BCUT2D eigenvalue weighted by Crippen LogP contribution is -2.57. The average molecular weight is 834 g/mol. The lowest BCUT2D eigenvalue weighted by Gasteiger charge is -2.27. The van der Waals surface area contributed by atoms with Crippen LogP contribution < -0.4 is 38.1 Å². The molecule has 5 amide bonds. The molecule has 9 N–H and O–H groups in total. The Balaban J connectivity index is 0.000000954. The van der Waals surface area contributed by atoms with Crippen molar-refractivity contribution in [3.05, 3.63) is 35.4 Å². The molecule has 324 valence electrons. The van der Waals surface area contributed by atoms with E-state index in [9.17, 15) is 37.1 Å². The minimum atomic E-state index is -4.91. The summed E-state index contributed by atoms with van der Waals surface area (Å²) in [4.78, 5) is 60.2. The zero-order valence-electron chi connectivity index (χ0n) is 33.5. The number of nitrogens with two attached hydrogens (primary N) is 2. The zero-order valence-corrected chi connectivity index (χ0v) is 34.3. The van der Waals surface area contributed by atoms with E-state index in [-0.39, 0.29) is 48.6 Å². The number of carbonyl (C=O) groups is 5. The molecule has 0 spiro atoms. The molecule has 0 saturated carbocycles. The molecule has 0 bridgehead atoms. The van der Waals surface area contributed by atoms with Crippen LogP contribution in [0.1, 0.15) is 88.6 Å². The van der Waals surface area contributed by atoms with E-state index in [4.69, 9.17) is 25.7 Å². The van der Waals surface area contributed by atoms with E-state index in [1.54, 1.807) is 13.8 Å². The van der Waals surface area contributed by atoms with Crippen LogP contribution in [0.25, 0.3) is 0 Å². The van der Waals surface area contributed by atoms with Gasteiger partial charge in [0.05, 0.1) is 38.5 Å². The molecule has 19 heteroatoms.